The lowest BCUT2D eigenvalue weighted by atomic mass is 10.1. The van der Waals surface area contributed by atoms with Crippen molar-refractivity contribution in [3.8, 4) is 0 Å². The molecule has 0 aliphatic rings. The van der Waals surface area contributed by atoms with Gasteiger partial charge in [0, 0.05) is 12.2 Å². The van der Waals surface area contributed by atoms with Gasteiger partial charge in [0.05, 0.1) is 4.90 Å². The Balaban J connectivity index is 1.98. The van der Waals surface area contributed by atoms with E-state index in [4.69, 9.17) is 5.73 Å². The highest BCUT2D eigenvalue weighted by Gasteiger charge is 2.12. The van der Waals surface area contributed by atoms with Gasteiger partial charge in [-0.15, -0.1) is 0 Å². The predicted octanol–water partition coefficient (Wildman–Crippen LogP) is 2.10. The molecule has 0 bridgehead atoms. The molecule has 0 spiro atoms. The number of sulfonamides is 1. The Kier molecular flexibility index (Phi) is 4.42. The summed E-state index contributed by atoms with van der Waals surface area (Å²) in [6, 6.07) is 14.2. The van der Waals surface area contributed by atoms with Crippen LogP contribution in [0.5, 0.6) is 0 Å². The fourth-order valence-electron chi connectivity index (χ4n) is 1.93. The van der Waals surface area contributed by atoms with Gasteiger partial charge in [-0.05, 0) is 43.2 Å². The molecule has 0 heterocycles. The van der Waals surface area contributed by atoms with Gasteiger partial charge < -0.3 is 5.73 Å². The first-order valence-corrected chi connectivity index (χ1v) is 7.86. The lowest BCUT2D eigenvalue weighted by Crippen LogP contribution is -2.26. The second-order valence-corrected chi connectivity index (χ2v) is 6.47. The van der Waals surface area contributed by atoms with Crippen molar-refractivity contribution in [1.29, 1.82) is 0 Å². The number of nitrogen functional groups attached to an aromatic ring is 1. The fraction of sp³-hybridized carbons (Fsp3) is 0.200. The summed E-state index contributed by atoms with van der Waals surface area (Å²) in [6.45, 7) is 2.39. The third-order valence-corrected chi connectivity index (χ3v) is 4.46. The number of aryl methyl sites for hydroxylation is 1. The third-order valence-electron chi connectivity index (χ3n) is 2.98. The molecule has 2 aromatic rings. The minimum absolute atomic E-state index is 0.232. The first kappa shape index (κ1) is 14.6. The Labute approximate surface area is 119 Å². The van der Waals surface area contributed by atoms with E-state index in [2.05, 4.69) is 10.8 Å². The molecule has 0 aliphatic heterocycles. The lowest BCUT2D eigenvalue weighted by Gasteiger charge is -2.07. The van der Waals surface area contributed by atoms with Gasteiger partial charge in [0.2, 0.25) is 10.0 Å². The highest BCUT2D eigenvalue weighted by molar-refractivity contribution is 7.89. The molecular weight excluding hydrogens is 272 g/mol. The minimum Gasteiger partial charge on any atom is -0.399 e. The second kappa shape index (κ2) is 6.07. The maximum atomic E-state index is 12.0. The van der Waals surface area contributed by atoms with Crippen molar-refractivity contribution in [2.45, 2.75) is 18.2 Å². The van der Waals surface area contributed by atoms with Crippen LogP contribution in [0.2, 0.25) is 0 Å². The van der Waals surface area contributed by atoms with Crippen molar-refractivity contribution in [2.24, 2.45) is 0 Å². The van der Waals surface area contributed by atoms with Crippen LogP contribution in [0.4, 0.5) is 5.69 Å². The van der Waals surface area contributed by atoms with E-state index in [1.54, 1.807) is 12.1 Å². The van der Waals surface area contributed by atoms with Crippen LogP contribution in [0.25, 0.3) is 0 Å². The number of rotatable bonds is 5. The van der Waals surface area contributed by atoms with Crippen molar-refractivity contribution in [1.82, 2.24) is 4.72 Å². The van der Waals surface area contributed by atoms with Gasteiger partial charge in [-0.2, -0.15) is 0 Å². The molecule has 0 aromatic heterocycles. The normalized spacial score (nSPS) is 11.4. The molecule has 0 saturated heterocycles. The average molecular weight is 290 g/mol. The van der Waals surface area contributed by atoms with E-state index in [-0.39, 0.29) is 4.90 Å². The summed E-state index contributed by atoms with van der Waals surface area (Å²) in [5.41, 5.74) is 8.38. The third kappa shape index (κ3) is 3.82. The van der Waals surface area contributed by atoms with E-state index in [1.165, 1.54) is 17.7 Å². The Bertz CT molecular complexity index is 679. The molecule has 0 atom stereocenters. The topological polar surface area (TPSA) is 72.2 Å². The summed E-state index contributed by atoms with van der Waals surface area (Å²) in [5.74, 6) is 0. The Morgan fingerprint density at radius 3 is 2.45 bits per heavy atom. The monoisotopic (exact) mass is 290 g/mol. The molecule has 0 unspecified atom stereocenters. The van der Waals surface area contributed by atoms with Crippen LogP contribution in [0.1, 0.15) is 11.1 Å². The molecule has 5 heteroatoms. The maximum Gasteiger partial charge on any atom is 0.240 e. The zero-order chi connectivity index (χ0) is 14.6. The van der Waals surface area contributed by atoms with Gasteiger partial charge in [0.25, 0.3) is 0 Å². The van der Waals surface area contributed by atoms with Crippen LogP contribution in [0, 0.1) is 6.92 Å². The molecule has 0 amide bonds. The number of nitrogens with one attached hydrogen (secondary N) is 1. The summed E-state index contributed by atoms with van der Waals surface area (Å²) >= 11 is 0. The molecule has 2 rings (SSSR count). The van der Waals surface area contributed by atoms with Crippen molar-refractivity contribution in [2.75, 3.05) is 12.3 Å². The van der Waals surface area contributed by atoms with E-state index in [1.807, 2.05) is 25.1 Å². The zero-order valence-electron chi connectivity index (χ0n) is 11.3. The average Bonchev–Trinajstić information content (AvgIpc) is 2.39. The van der Waals surface area contributed by atoms with Crippen LogP contribution in [-0.2, 0) is 16.4 Å². The van der Waals surface area contributed by atoms with E-state index in [0.29, 0.717) is 18.7 Å². The van der Waals surface area contributed by atoms with Crippen molar-refractivity contribution >= 4 is 15.7 Å². The Morgan fingerprint density at radius 2 is 1.80 bits per heavy atom. The SMILES string of the molecule is Cc1cccc(CCNS(=O)(=O)c2ccc(N)cc2)c1. The minimum atomic E-state index is -3.46. The van der Waals surface area contributed by atoms with Gasteiger partial charge in [0.15, 0.2) is 0 Å². The number of anilines is 1. The fourth-order valence-corrected chi connectivity index (χ4v) is 2.96. The van der Waals surface area contributed by atoms with Crippen LogP contribution in [-0.4, -0.2) is 15.0 Å². The molecular formula is C15H18N2O2S. The van der Waals surface area contributed by atoms with Gasteiger partial charge in [-0.3, -0.25) is 0 Å². The molecule has 4 nitrogen and oxygen atoms in total. The first-order valence-electron chi connectivity index (χ1n) is 6.38. The Morgan fingerprint density at radius 1 is 1.10 bits per heavy atom. The van der Waals surface area contributed by atoms with Crippen LogP contribution in [0.3, 0.4) is 0 Å². The van der Waals surface area contributed by atoms with Crippen LogP contribution < -0.4 is 10.5 Å². The standard InChI is InChI=1S/C15H18N2O2S/c1-12-3-2-4-13(11-12)9-10-17-20(18,19)15-7-5-14(16)6-8-15/h2-8,11,17H,9-10,16H2,1H3. The van der Waals surface area contributed by atoms with Crippen LogP contribution >= 0.6 is 0 Å². The van der Waals surface area contributed by atoms with E-state index >= 15 is 0 Å². The molecule has 0 radical (unpaired) electrons. The Hall–Kier alpha value is -1.85. The van der Waals surface area contributed by atoms with E-state index in [0.717, 1.165) is 5.56 Å². The predicted molar refractivity (Wildman–Crippen MR) is 80.9 cm³/mol. The number of hydrogen-bond acceptors (Lipinski definition) is 3. The highest BCUT2D eigenvalue weighted by Crippen LogP contribution is 2.11. The number of hydrogen-bond donors (Lipinski definition) is 2. The summed E-state index contributed by atoms with van der Waals surface area (Å²) in [4.78, 5) is 0.232. The lowest BCUT2D eigenvalue weighted by molar-refractivity contribution is 0.581. The number of benzene rings is 2. The molecule has 0 saturated carbocycles. The van der Waals surface area contributed by atoms with E-state index < -0.39 is 10.0 Å². The molecule has 0 fully saturated rings. The molecule has 0 aliphatic carbocycles. The van der Waals surface area contributed by atoms with Gasteiger partial charge in [0.1, 0.15) is 0 Å². The zero-order valence-corrected chi connectivity index (χ0v) is 12.2. The molecule has 20 heavy (non-hydrogen) atoms. The van der Waals surface area contributed by atoms with Crippen molar-refractivity contribution in [3.05, 3.63) is 59.7 Å². The molecule has 3 N–H and O–H groups in total. The summed E-state index contributed by atoms with van der Waals surface area (Å²) in [5, 5.41) is 0. The van der Waals surface area contributed by atoms with Gasteiger partial charge in [-0.25, -0.2) is 13.1 Å². The largest absolute Gasteiger partial charge is 0.399 e. The quantitative estimate of drug-likeness (QED) is 0.828. The second-order valence-electron chi connectivity index (χ2n) is 4.71. The maximum absolute atomic E-state index is 12.0. The highest BCUT2D eigenvalue weighted by atomic mass is 32.2. The smallest absolute Gasteiger partial charge is 0.240 e. The van der Waals surface area contributed by atoms with Gasteiger partial charge >= 0.3 is 0 Å². The summed E-state index contributed by atoms with van der Waals surface area (Å²) < 4.78 is 26.7. The van der Waals surface area contributed by atoms with Gasteiger partial charge in [-0.1, -0.05) is 29.8 Å². The summed E-state index contributed by atoms with van der Waals surface area (Å²) in [6.07, 6.45) is 0.663. The molecule has 2 aromatic carbocycles. The molecule has 106 valence electrons. The first-order chi connectivity index (χ1) is 9.47. The van der Waals surface area contributed by atoms with Crippen molar-refractivity contribution in [3.63, 3.8) is 0 Å². The van der Waals surface area contributed by atoms with Crippen LogP contribution in [0.15, 0.2) is 53.4 Å². The summed E-state index contributed by atoms with van der Waals surface area (Å²) in [7, 11) is -3.46. The van der Waals surface area contributed by atoms with E-state index in [9.17, 15) is 8.42 Å². The van der Waals surface area contributed by atoms with Crippen molar-refractivity contribution < 1.29 is 8.42 Å². The number of nitrogens with two attached hydrogens (primary N) is 1.